The molecule has 6 heteroatoms. The van der Waals surface area contributed by atoms with Gasteiger partial charge in [0.05, 0.1) is 5.56 Å². The van der Waals surface area contributed by atoms with Crippen LogP contribution in [0.15, 0.2) is 62.5 Å². The van der Waals surface area contributed by atoms with E-state index < -0.39 is 0 Å². The molecule has 0 atom stereocenters. The molecular formula is C20H17N3O3. The topological polar surface area (TPSA) is 70.0 Å². The fourth-order valence-corrected chi connectivity index (χ4v) is 3.07. The van der Waals surface area contributed by atoms with E-state index in [-0.39, 0.29) is 11.2 Å². The Labute approximate surface area is 149 Å². The smallest absolute Gasteiger partial charge is 0.330 e. The van der Waals surface area contributed by atoms with Crippen molar-refractivity contribution in [3.8, 4) is 22.6 Å². The van der Waals surface area contributed by atoms with E-state index in [4.69, 9.17) is 4.42 Å². The number of benzene rings is 2. The second-order valence-electron chi connectivity index (χ2n) is 6.23. The highest BCUT2D eigenvalue weighted by Crippen LogP contribution is 2.28. The van der Waals surface area contributed by atoms with Crippen LogP contribution < -0.4 is 11.2 Å². The highest BCUT2D eigenvalue weighted by atomic mass is 16.3. The molecule has 0 bridgehead atoms. The zero-order valence-electron chi connectivity index (χ0n) is 14.7. The van der Waals surface area contributed by atoms with E-state index in [1.807, 2.05) is 42.5 Å². The van der Waals surface area contributed by atoms with Crippen LogP contribution in [0.25, 0.3) is 33.7 Å². The zero-order valence-corrected chi connectivity index (χ0v) is 14.7. The molecule has 2 aromatic carbocycles. The molecule has 0 unspecified atom stereocenters. The third kappa shape index (κ3) is 2.38. The molecule has 0 aliphatic carbocycles. The summed E-state index contributed by atoms with van der Waals surface area (Å²) in [6.07, 6.45) is 0. The molecular weight excluding hydrogens is 330 g/mol. The van der Waals surface area contributed by atoms with E-state index in [0.29, 0.717) is 33.8 Å². The Morgan fingerprint density at radius 2 is 1.65 bits per heavy atom. The van der Waals surface area contributed by atoms with Crippen molar-refractivity contribution in [2.45, 2.75) is 6.92 Å². The Kier molecular flexibility index (Phi) is 3.61. The highest BCUT2D eigenvalue weighted by Gasteiger charge is 2.16. The van der Waals surface area contributed by atoms with Crippen LogP contribution >= 0.6 is 0 Å². The third-order valence-electron chi connectivity index (χ3n) is 4.65. The maximum absolute atomic E-state index is 12.6. The van der Waals surface area contributed by atoms with Crippen molar-refractivity contribution in [2.75, 3.05) is 0 Å². The van der Waals surface area contributed by atoms with Gasteiger partial charge in [-0.15, -0.1) is 0 Å². The minimum absolute atomic E-state index is 0.322. The number of nitrogens with zero attached hydrogens (tertiary/aromatic N) is 3. The lowest BCUT2D eigenvalue weighted by molar-refractivity contribution is 0.620. The van der Waals surface area contributed by atoms with Gasteiger partial charge >= 0.3 is 5.69 Å². The number of hydrogen-bond acceptors (Lipinski definition) is 4. The predicted molar refractivity (Wildman–Crippen MR) is 100 cm³/mol. The first-order valence-electron chi connectivity index (χ1n) is 8.20. The van der Waals surface area contributed by atoms with Crippen LogP contribution in [0.2, 0.25) is 0 Å². The van der Waals surface area contributed by atoms with Crippen LogP contribution in [0.1, 0.15) is 5.69 Å². The Balaban J connectivity index is 1.92. The van der Waals surface area contributed by atoms with Crippen LogP contribution in [-0.4, -0.2) is 14.1 Å². The second-order valence-corrected chi connectivity index (χ2v) is 6.23. The van der Waals surface area contributed by atoms with Crippen LogP contribution in [0.5, 0.6) is 0 Å². The van der Waals surface area contributed by atoms with Gasteiger partial charge in [0.2, 0.25) is 5.89 Å². The molecule has 2 aromatic heterocycles. The van der Waals surface area contributed by atoms with Gasteiger partial charge in [-0.05, 0) is 36.8 Å². The molecule has 0 saturated heterocycles. The van der Waals surface area contributed by atoms with Gasteiger partial charge in [-0.1, -0.05) is 24.3 Å². The Morgan fingerprint density at radius 1 is 0.923 bits per heavy atom. The molecule has 0 radical (unpaired) electrons. The number of hydrogen-bond donors (Lipinski definition) is 0. The first kappa shape index (κ1) is 16.1. The SMILES string of the molecule is Cc1c(-c2ccc3oc(-c4ccccc4)nc3c2)c(=O)n(C)c(=O)n1C. The van der Waals surface area contributed by atoms with E-state index in [1.165, 1.54) is 11.6 Å². The van der Waals surface area contributed by atoms with Gasteiger partial charge in [-0.3, -0.25) is 9.36 Å². The first-order valence-corrected chi connectivity index (χ1v) is 8.20. The van der Waals surface area contributed by atoms with Crippen molar-refractivity contribution in [1.82, 2.24) is 14.1 Å². The van der Waals surface area contributed by atoms with E-state index in [2.05, 4.69) is 4.98 Å². The molecule has 26 heavy (non-hydrogen) atoms. The molecule has 0 spiro atoms. The Bertz CT molecular complexity index is 1250. The van der Waals surface area contributed by atoms with Gasteiger partial charge in [0.1, 0.15) is 5.52 Å². The van der Waals surface area contributed by atoms with Crippen molar-refractivity contribution in [3.63, 3.8) is 0 Å². The van der Waals surface area contributed by atoms with Crippen molar-refractivity contribution >= 4 is 11.1 Å². The van der Waals surface area contributed by atoms with Gasteiger partial charge < -0.3 is 8.98 Å². The summed E-state index contributed by atoms with van der Waals surface area (Å²) in [5.74, 6) is 0.530. The fourth-order valence-electron chi connectivity index (χ4n) is 3.07. The quantitative estimate of drug-likeness (QED) is 0.559. The molecule has 0 aliphatic rings. The molecule has 0 amide bonds. The summed E-state index contributed by atoms with van der Waals surface area (Å²) in [4.78, 5) is 29.2. The minimum Gasteiger partial charge on any atom is -0.436 e. The Morgan fingerprint density at radius 3 is 2.38 bits per heavy atom. The van der Waals surface area contributed by atoms with Crippen molar-refractivity contribution < 1.29 is 4.42 Å². The van der Waals surface area contributed by atoms with Crippen molar-refractivity contribution in [2.24, 2.45) is 14.1 Å². The first-order chi connectivity index (χ1) is 12.5. The summed E-state index contributed by atoms with van der Waals surface area (Å²) in [5.41, 5.74) is 3.34. The van der Waals surface area contributed by atoms with E-state index in [0.717, 1.165) is 10.1 Å². The minimum atomic E-state index is -0.342. The number of aromatic nitrogens is 3. The predicted octanol–water partition coefficient (Wildman–Crippen LogP) is 2.87. The van der Waals surface area contributed by atoms with Crippen LogP contribution in [0.3, 0.4) is 0 Å². The maximum atomic E-state index is 12.6. The molecule has 0 fully saturated rings. The van der Waals surface area contributed by atoms with Gasteiger partial charge in [0.25, 0.3) is 5.56 Å². The third-order valence-corrected chi connectivity index (χ3v) is 4.65. The molecule has 0 aliphatic heterocycles. The van der Waals surface area contributed by atoms with Crippen LogP contribution in [-0.2, 0) is 14.1 Å². The largest absolute Gasteiger partial charge is 0.436 e. The molecule has 0 N–H and O–H groups in total. The fraction of sp³-hybridized carbons (Fsp3) is 0.150. The lowest BCUT2D eigenvalue weighted by Gasteiger charge is -2.11. The normalized spacial score (nSPS) is 11.2. The number of fused-ring (bicyclic) bond motifs is 1. The molecule has 4 aromatic rings. The van der Waals surface area contributed by atoms with E-state index in [9.17, 15) is 9.59 Å². The number of rotatable bonds is 2. The molecule has 6 nitrogen and oxygen atoms in total. The van der Waals surface area contributed by atoms with Gasteiger partial charge in [-0.25, -0.2) is 9.78 Å². The highest BCUT2D eigenvalue weighted by molar-refractivity contribution is 5.82. The van der Waals surface area contributed by atoms with Crippen molar-refractivity contribution in [3.05, 3.63) is 75.1 Å². The molecule has 2 heterocycles. The van der Waals surface area contributed by atoms with Gasteiger partial charge in [0.15, 0.2) is 5.58 Å². The van der Waals surface area contributed by atoms with Crippen molar-refractivity contribution in [1.29, 1.82) is 0 Å². The monoisotopic (exact) mass is 347 g/mol. The summed E-state index contributed by atoms with van der Waals surface area (Å²) in [5, 5.41) is 0. The summed E-state index contributed by atoms with van der Waals surface area (Å²) in [7, 11) is 3.14. The van der Waals surface area contributed by atoms with Crippen LogP contribution in [0, 0.1) is 6.92 Å². The van der Waals surface area contributed by atoms with E-state index >= 15 is 0 Å². The van der Waals surface area contributed by atoms with Gasteiger partial charge in [-0.2, -0.15) is 0 Å². The molecule has 4 rings (SSSR count). The summed E-state index contributed by atoms with van der Waals surface area (Å²) in [6.45, 7) is 1.76. The van der Waals surface area contributed by atoms with Gasteiger partial charge in [0, 0.05) is 25.4 Å². The summed E-state index contributed by atoms with van der Waals surface area (Å²) in [6, 6.07) is 15.1. The second kappa shape index (κ2) is 5.84. The average molecular weight is 347 g/mol. The maximum Gasteiger partial charge on any atom is 0.330 e. The molecule has 0 saturated carbocycles. The standard InChI is InChI=1S/C20H17N3O3/c1-12-17(19(24)23(3)20(25)22(12)2)14-9-10-16-15(11-14)21-18(26-16)13-7-5-4-6-8-13/h4-11H,1-3H3. The van der Waals surface area contributed by atoms with E-state index in [1.54, 1.807) is 20.0 Å². The number of oxazole rings is 1. The molecule has 130 valence electrons. The van der Waals surface area contributed by atoms with Crippen LogP contribution in [0.4, 0.5) is 0 Å². The summed E-state index contributed by atoms with van der Waals surface area (Å²) < 4.78 is 8.41. The Hall–Kier alpha value is -3.41. The zero-order chi connectivity index (χ0) is 18.4. The summed E-state index contributed by atoms with van der Waals surface area (Å²) >= 11 is 0. The average Bonchev–Trinajstić information content (AvgIpc) is 3.09. The lowest BCUT2D eigenvalue weighted by atomic mass is 10.1. The lowest BCUT2D eigenvalue weighted by Crippen LogP contribution is -2.39.